The Balaban J connectivity index is 1.39. The molecular weight excluding hydrogens is 1020 g/mol. The highest BCUT2D eigenvalue weighted by atomic mass is 15.4. The van der Waals surface area contributed by atoms with Crippen molar-refractivity contribution in [2.45, 2.75) is 208 Å². The lowest BCUT2D eigenvalue weighted by atomic mass is 9.79. The quantitative estimate of drug-likeness (QED) is 0.166. The number of hydrogen-bond acceptors (Lipinski definition) is 4. The molecule has 4 aromatic heterocycles. The lowest BCUT2D eigenvalue weighted by molar-refractivity contribution is 0.809. The number of imidazole rings is 2. The Bertz CT molecular complexity index is 4790. The van der Waals surface area contributed by atoms with Crippen molar-refractivity contribution in [3.05, 3.63) is 168 Å². The third-order valence-corrected chi connectivity index (χ3v) is 22.6. The molecule has 0 saturated heterocycles. The van der Waals surface area contributed by atoms with Gasteiger partial charge in [-0.2, -0.15) is 0 Å². The minimum Gasteiger partial charge on any atom is -0.313 e. The van der Waals surface area contributed by atoms with Crippen LogP contribution < -0.4 is 0 Å². The second-order valence-corrected chi connectivity index (χ2v) is 26.0. The summed E-state index contributed by atoms with van der Waals surface area (Å²) in [6, 6.07) is 0. The third kappa shape index (κ3) is 7.36. The predicted molar refractivity (Wildman–Crippen MR) is 358 cm³/mol. The van der Waals surface area contributed by atoms with E-state index in [-0.39, 0.29) is 0 Å². The lowest BCUT2D eigenvalue weighted by Gasteiger charge is -2.32. The maximum Gasteiger partial charge on any atom is 0.117 e. The fourth-order valence-corrected chi connectivity index (χ4v) is 15.6. The molecule has 11 aromatic rings. The SMILES string of the molecule is Cc1c(C)c(-n2nnc3c(C)c(C)c(C)c(C)c32)c(C)c(C)c1-c1c(C)c(-n2c(C)nc3c(C)c(C)c(C)c(C)c32)c(-c2c(C)c(C)c(-n3c(C)c(C)c4c(C)c(C)c(C)c(C)c43)c(C)c2C)c(C)c1-n1c(C)nc2c(C)c(C)c(C)c(C)c21. The van der Waals surface area contributed by atoms with Crippen LogP contribution in [0, 0.1) is 208 Å². The van der Waals surface area contributed by atoms with Crippen molar-refractivity contribution < 1.29 is 0 Å². The second kappa shape index (κ2) is 19.5. The van der Waals surface area contributed by atoms with Gasteiger partial charge in [0.15, 0.2) is 0 Å². The van der Waals surface area contributed by atoms with E-state index in [1.54, 1.807) is 0 Å². The molecule has 0 fully saturated rings. The van der Waals surface area contributed by atoms with Gasteiger partial charge in [-0.3, -0.25) is 9.13 Å². The smallest absolute Gasteiger partial charge is 0.117 e. The van der Waals surface area contributed by atoms with Crippen LogP contribution in [0.3, 0.4) is 0 Å². The van der Waals surface area contributed by atoms with E-state index in [1.807, 2.05) is 0 Å². The molecule has 0 aliphatic carbocycles. The number of aryl methyl sites for hydroxylation is 11. The minimum absolute atomic E-state index is 0.965. The molecule has 0 amide bonds. The molecule has 0 aliphatic heterocycles. The van der Waals surface area contributed by atoms with Crippen LogP contribution in [-0.4, -0.2) is 38.7 Å². The summed E-state index contributed by atoms with van der Waals surface area (Å²) >= 11 is 0. The Morgan fingerprint density at radius 2 is 0.536 bits per heavy atom. The van der Waals surface area contributed by atoms with Crippen LogP contribution in [0.5, 0.6) is 0 Å². The Kier molecular flexibility index (Phi) is 13.5. The van der Waals surface area contributed by atoms with E-state index in [2.05, 4.69) is 226 Å². The topological polar surface area (TPSA) is 71.3 Å². The Morgan fingerprint density at radius 3 is 0.929 bits per heavy atom. The summed E-state index contributed by atoms with van der Waals surface area (Å²) in [7, 11) is 0. The van der Waals surface area contributed by atoms with Gasteiger partial charge in [-0.15, -0.1) is 5.10 Å². The van der Waals surface area contributed by atoms with Crippen LogP contribution >= 0.6 is 0 Å². The minimum atomic E-state index is 0.965. The van der Waals surface area contributed by atoms with E-state index in [0.717, 1.165) is 39.4 Å². The average molecular weight is 1120 g/mol. The van der Waals surface area contributed by atoms with Crippen molar-refractivity contribution in [2.24, 2.45) is 0 Å². The average Bonchev–Trinajstić information content (AvgIpc) is 1.32. The molecule has 0 N–H and O–H groups in total. The summed E-state index contributed by atoms with van der Waals surface area (Å²) in [6.07, 6.45) is 0. The number of nitrogens with zero attached hydrogens (tertiary/aromatic N) is 8. The summed E-state index contributed by atoms with van der Waals surface area (Å²) in [5.74, 6) is 1.94. The highest BCUT2D eigenvalue weighted by Crippen LogP contribution is 2.53. The number of benzene rings is 7. The van der Waals surface area contributed by atoms with E-state index in [4.69, 9.17) is 20.3 Å². The Morgan fingerprint density at radius 1 is 0.214 bits per heavy atom. The summed E-state index contributed by atoms with van der Waals surface area (Å²) < 4.78 is 9.89. The van der Waals surface area contributed by atoms with Gasteiger partial charge >= 0.3 is 0 Å². The van der Waals surface area contributed by atoms with Crippen LogP contribution in [0.25, 0.3) is 89.0 Å². The second-order valence-electron chi connectivity index (χ2n) is 26.0. The van der Waals surface area contributed by atoms with E-state index in [0.29, 0.717) is 0 Å². The van der Waals surface area contributed by atoms with Crippen molar-refractivity contribution in [1.29, 1.82) is 0 Å². The van der Waals surface area contributed by atoms with E-state index in [9.17, 15) is 0 Å². The van der Waals surface area contributed by atoms with Crippen molar-refractivity contribution in [1.82, 2.24) is 38.7 Å². The first-order valence-corrected chi connectivity index (χ1v) is 30.5. The molecule has 7 aromatic carbocycles. The van der Waals surface area contributed by atoms with Crippen molar-refractivity contribution >= 4 is 44.0 Å². The van der Waals surface area contributed by atoms with Gasteiger partial charge in [-0.1, -0.05) is 5.21 Å². The van der Waals surface area contributed by atoms with Gasteiger partial charge in [-0.05, 0) is 369 Å². The fraction of sp³-hybridized carbons (Fsp3) is 0.395. The van der Waals surface area contributed by atoms with Crippen LogP contribution in [0.2, 0.25) is 0 Å². The summed E-state index contributed by atoms with van der Waals surface area (Å²) in [5.41, 5.74) is 53.1. The van der Waals surface area contributed by atoms with Crippen molar-refractivity contribution in [3.8, 4) is 45.0 Å². The largest absolute Gasteiger partial charge is 0.313 e. The maximum absolute atomic E-state index is 5.61. The zero-order chi connectivity index (χ0) is 61.7. The molecule has 11 rings (SSSR count). The third-order valence-electron chi connectivity index (χ3n) is 22.6. The fourth-order valence-electron chi connectivity index (χ4n) is 15.6. The van der Waals surface area contributed by atoms with Gasteiger partial charge in [0.25, 0.3) is 0 Å². The zero-order valence-corrected chi connectivity index (χ0v) is 56.6. The lowest BCUT2D eigenvalue weighted by Crippen LogP contribution is -2.16. The van der Waals surface area contributed by atoms with Crippen LogP contribution in [0.1, 0.15) is 168 Å². The highest BCUT2D eigenvalue weighted by Gasteiger charge is 2.35. The molecule has 0 aliphatic rings. The molecule has 0 atom stereocenters. The first-order valence-electron chi connectivity index (χ1n) is 30.5. The first kappa shape index (κ1) is 58.2. The van der Waals surface area contributed by atoms with Crippen LogP contribution in [0.4, 0.5) is 0 Å². The molecular formula is C76H90N8. The van der Waals surface area contributed by atoms with E-state index >= 15 is 0 Å². The number of fused-ring (bicyclic) bond motifs is 4. The molecule has 8 nitrogen and oxygen atoms in total. The maximum atomic E-state index is 5.61. The summed E-state index contributed by atoms with van der Waals surface area (Å²) in [5, 5.41) is 11.4. The molecule has 0 saturated carbocycles. The van der Waals surface area contributed by atoms with Gasteiger partial charge in [0, 0.05) is 22.2 Å². The van der Waals surface area contributed by atoms with Crippen molar-refractivity contribution in [2.75, 3.05) is 0 Å². The van der Waals surface area contributed by atoms with Crippen LogP contribution in [0.15, 0.2) is 0 Å². The molecule has 0 spiro atoms. The zero-order valence-electron chi connectivity index (χ0n) is 56.6. The Labute approximate surface area is 500 Å². The monoisotopic (exact) mass is 1110 g/mol. The first-order chi connectivity index (χ1) is 39.3. The molecule has 434 valence electrons. The Hall–Kier alpha value is -7.58. The molecule has 0 unspecified atom stereocenters. The van der Waals surface area contributed by atoms with Gasteiger partial charge in [0.2, 0.25) is 0 Å². The van der Waals surface area contributed by atoms with Crippen molar-refractivity contribution in [3.63, 3.8) is 0 Å². The number of rotatable bonds is 6. The molecule has 0 bridgehead atoms. The summed E-state index contributed by atoms with van der Waals surface area (Å²) in [6.45, 7) is 69.2. The van der Waals surface area contributed by atoms with Gasteiger partial charge in [0.05, 0.1) is 55.8 Å². The van der Waals surface area contributed by atoms with Crippen LogP contribution in [-0.2, 0) is 0 Å². The standard InChI is InChI=1S/C76H90N8/c1-31-35(5)47(17)71-63(39(31)9)55(25)58(28)81(71)69-51(21)40(10)61(41(11)52(69)22)64-56(26)73(83-60(30)78-67-45(15)33(3)37(7)49(19)75(67)83)65(57(27)72(64)82-59(29)77-66-44(14)32(2)36(6)48(18)74(66)82)62-42(12)53(23)70(54(24)43(62)13)84-76-50(20)38(8)34(4)46(16)68(76)79-80-84/h1-30H3. The predicted octanol–water partition coefficient (Wildman–Crippen LogP) is 19.6. The molecule has 4 heterocycles. The van der Waals surface area contributed by atoms with Gasteiger partial charge in [-0.25, -0.2) is 14.6 Å². The van der Waals surface area contributed by atoms with Gasteiger partial charge in [0.1, 0.15) is 17.2 Å². The molecule has 0 radical (unpaired) electrons. The molecule has 84 heavy (non-hydrogen) atoms. The number of aromatic nitrogens is 8. The highest BCUT2D eigenvalue weighted by molar-refractivity contribution is 6.01. The van der Waals surface area contributed by atoms with E-state index in [1.165, 1.54) is 217 Å². The normalized spacial score (nSPS) is 12.2. The molecule has 8 heteroatoms. The number of hydrogen-bond donors (Lipinski definition) is 0. The van der Waals surface area contributed by atoms with Gasteiger partial charge < -0.3 is 4.57 Å². The van der Waals surface area contributed by atoms with E-state index < -0.39 is 0 Å². The summed E-state index contributed by atoms with van der Waals surface area (Å²) in [4.78, 5) is 11.2.